The Bertz CT molecular complexity index is 694. The van der Waals surface area contributed by atoms with Crippen LogP contribution in [0.3, 0.4) is 0 Å². The number of aromatic hydroxyl groups is 1. The molecule has 1 aliphatic heterocycles. The predicted octanol–water partition coefficient (Wildman–Crippen LogP) is 2.39. The van der Waals surface area contributed by atoms with Gasteiger partial charge in [0.2, 0.25) is 0 Å². The molecular formula is C18H21NO3. The minimum Gasteiger partial charge on any atom is -0.504 e. The second-order valence-electron chi connectivity index (χ2n) is 6.78. The molecule has 0 radical (unpaired) electrons. The smallest absolute Gasteiger partial charge is 0.165 e. The summed E-state index contributed by atoms with van der Waals surface area (Å²) < 4.78 is 5.28. The number of methoxy groups -OCH3 is 1. The Labute approximate surface area is 130 Å². The van der Waals surface area contributed by atoms with Crippen molar-refractivity contribution in [2.24, 2.45) is 5.41 Å². The molecule has 0 saturated carbocycles. The number of hydrogen-bond acceptors (Lipinski definition) is 4. The van der Waals surface area contributed by atoms with E-state index in [0.717, 1.165) is 42.5 Å². The number of likely N-dealkylation sites (N-methyl/N-ethyl adjacent to an activating group) is 1. The molecule has 0 amide bonds. The first-order valence-electron chi connectivity index (χ1n) is 7.91. The third-order valence-corrected chi connectivity index (χ3v) is 5.87. The Balaban J connectivity index is 1.98. The van der Waals surface area contributed by atoms with Crippen LogP contribution in [-0.4, -0.2) is 42.5 Å². The topological polar surface area (TPSA) is 49.8 Å². The Kier molecular flexibility index (Phi) is 2.89. The van der Waals surface area contributed by atoms with Crippen molar-refractivity contribution in [3.8, 4) is 11.5 Å². The molecule has 1 heterocycles. The lowest BCUT2D eigenvalue weighted by Gasteiger charge is -2.46. The summed E-state index contributed by atoms with van der Waals surface area (Å²) in [4.78, 5) is 14.5. The van der Waals surface area contributed by atoms with Crippen LogP contribution in [0.15, 0.2) is 18.2 Å². The van der Waals surface area contributed by atoms with E-state index in [2.05, 4.69) is 11.9 Å². The summed E-state index contributed by atoms with van der Waals surface area (Å²) in [5.74, 6) is 0.843. The monoisotopic (exact) mass is 299 g/mol. The van der Waals surface area contributed by atoms with Gasteiger partial charge in [-0.3, -0.25) is 4.79 Å². The van der Waals surface area contributed by atoms with Crippen LogP contribution in [0, 0.1) is 5.41 Å². The highest BCUT2D eigenvalue weighted by atomic mass is 16.5. The summed E-state index contributed by atoms with van der Waals surface area (Å²) >= 11 is 0. The van der Waals surface area contributed by atoms with Gasteiger partial charge in [0.25, 0.3) is 0 Å². The van der Waals surface area contributed by atoms with Gasteiger partial charge in [-0.15, -0.1) is 0 Å². The summed E-state index contributed by atoms with van der Waals surface area (Å²) in [6.07, 6.45) is 5.28. The highest BCUT2D eigenvalue weighted by Crippen LogP contribution is 2.59. The van der Waals surface area contributed by atoms with Crippen molar-refractivity contribution >= 4 is 11.4 Å². The van der Waals surface area contributed by atoms with E-state index >= 15 is 0 Å². The van der Waals surface area contributed by atoms with Crippen molar-refractivity contribution in [3.63, 3.8) is 0 Å². The number of phenols is 1. The number of carbonyl (C=O) groups excluding carboxylic acids is 1. The zero-order valence-electron chi connectivity index (χ0n) is 13.1. The maximum absolute atomic E-state index is 12.1. The molecule has 4 heteroatoms. The summed E-state index contributed by atoms with van der Waals surface area (Å²) in [5.41, 5.74) is 3.02. The van der Waals surface area contributed by atoms with Gasteiger partial charge in [0.1, 0.15) is 0 Å². The lowest BCUT2D eigenvalue weighted by Crippen LogP contribution is -2.45. The van der Waals surface area contributed by atoms with Gasteiger partial charge < -0.3 is 14.7 Å². The number of likely N-dealkylation sites (tertiary alicyclic amines) is 1. The Morgan fingerprint density at radius 2 is 2.18 bits per heavy atom. The van der Waals surface area contributed by atoms with E-state index in [1.54, 1.807) is 13.2 Å². The van der Waals surface area contributed by atoms with E-state index in [9.17, 15) is 9.90 Å². The SMILES string of the molecule is COc1ccc2c(c1O)C1=CC(=O)CC[C@]13CCN(C)[C@H]3C2. The zero-order chi connectivity index (χ0) is 15.5. The van der Waals surface area contributed by atoms with Crippen molar-refractivity contribution in [3.05, 3.63) is 29.3 Å². The number of benzene rings is 1. The van der Waals surface area contributed by atoms with Crippen LogP contribution < -0.4 is 4.74 Å². The number of allylic oxidation sites excluding steroid dienone is 1. The van der Waals surface area contributed by atoms with E-state index in [1.807, 2.05) is 12.1 Å². The van der Waals surface area contributed by atoms with Crippen LogP contribution >= 0.6 is 0 Å². The van der Waals surface area contributed by atoms with E-state index in [1.165, 1.54) is 0 Å². The van der Waals surface area contributed by atoms with Gasteiger partial charge in [-0.25, -0.2) is 0 Å². The van der Waals surface area contributed by atoms with Crippen LogP contribution in [0.25, 0.3) is 5.57 Å². The summed E-state index contributed by atoms with van der Waals surface area (Å²) in [5, 5.41) is 10.7. The molecule has 116 valence electrons. The fraction of sp³-hybridized carbons (Fsp3) is 0.500. The number of rotatable bonds is 1. The van der Waals surface area contributed by atoms with E-state index in [0.29, 0.717) is 18.2 Å². The number of phenolic OH excluding ortho intramolecular Hbond substituents is 1. The van der Waals surface area contributed by atoms with E-state index in [4.69, 9.17) is 4.74 Å². The Morgan fingerprint density at radius 3 is 2.95 bits per heavy atom. The van der Waals surface area contributed by atoms with Crippen molar-refractivity contribution < 1.29 is 14.6 Å². The Hall–Kier alpha value is -1.81. The van der Waals surface area contributed by atoms with E-state index in [-0.39, 0.29) is 16.9 Å². The maximum Gasteiger partial charge on any atom is 0.165 e. The zero-order valence-corrected chi connectivity index (χ0v) is 13.1. The molecule has 4 rings (SSSR count). The fourth-order valence-corrected chi connectivity index (χ4v) is 4.71. The van der Waals surface area contributed by atoms with Crippen molar-refractivity contribution in [2.75, 3.05) is 20.7 Å². The lowest BCUT2D eigenvalue weighted by molar-refractivity contribution is -0.115. The molecule has 4 nitrogen and oxygen atoms in total. The molecule has 3 aliphatic rings. The average molecular weight is 299 g/mol. The third-order valence-electron chi connectivity index (χ3n) is 5.87. The van der Waals surface area contributed by atoms with Crippen molar-refractivity contribution in [1.82, 2.24) is 4.90 Å². The highest BCUT2D eigenvalue weighted by Gasteiger charge is 2.53. The molecule has 22 heavy (non-hydrogen) atoms. The standard InChI is InChI=1S/C18H21NO3/c1-19-8-7-18-6-5-12(20)10-13(18)16-11(9-15(18)19)3-4-14(22-2)17(16)21/h3-4,10,15,21H,5-9H2,1-2H3/t15-,18-/m0/s1. The van der Waals surface area contributed by atoms with Gasteiger partial charge in [-0.05, 0) is 56.1 Å². The van der Waals surface area contributed by atoms with Gasteiger partial charge in [-0.1, -0.05) is 6.07 Å². The fourth-order valence-electron chi connectivity index (χ4n) is 4.71. The number of carbonyl (C=O) groups is 1. The largest absolute Gasteiger partial charge is 0.504 e. The quantitative estimate of drug-likeness (QED) is 0.865. The first-order chi connectivity index (χ1) is 10.6. The van der Waals surface area contributed by atoms with Crippen LogP contribution in [0.4, 0.5) is 0 Å². The van der Waals surface area contributed by atoms with Gasteiger partial charge in [0, 0.05) is 23.4 Å². The number of ether oxygens (including phenoxy) is 1. The first kappa shape index (κ1) is 13.8. The molecule has 1 aromatic carbocycles. The van der Waals surface area contributed by atoms with Crippen LogP contribution in [0.1, 0.15) is 30.4 Å². The molecule has 0 unspecified atom stereocenters. The summed E-state index contributed by atoms with van der Waals surface area (Å²) in [6, 6.07) is 4.28. The van der Waals surface area contributed by atoms with Gasteiger partial charge in [0.05, 0.1) is 7.11 Å². The molecular weight excluding hydrogens is 278 g/mol. The van der Waals surface area contributed by atoms with Gasteiger partial charge >= 0.3 is 0 Å². The highest BCUT2D eigenvalue weighted by molar-refractivity contribution is 6.01. The van der Waals surface area contributed by atoms with Crippen LogP contribution in [0.5, 0.6) is 11.5 Å². The molecule has 2 atom stereocenters. The normalized spacial score (nSPS) is 30.4. The minimum atomic E-state index is 0.0134. The van der Waals surface area contributed by atoms with Gasteiger partial charge in [-0.2, -0.15) is 0 Å². The third kappa shape index (κ3) is 1.64. The Morgan fingerprint density at radius 1 is 1.36 bits per heavy atom. The summed E-state index contributed by atoms with van der Waals surface area (Å²) in [6.45, 7) is 1.04. The minimum absolute atomic E-state index is 0.0134. The lowest BCUT2D eigenvalue weighted by atomic mass is 9.60. The maximum atomic E-state index is 12.1. The summed E-state index contributed by atoms with van der Waals surface area (Å²) in [7, 11) is 3.73. The number of ketones is 1. The molecule has 1 spiro atoms. The number of hydrogen-bond donors (Lipinski definition) is 1. The molecule has 0 aromatic heterocycles. The van der Waals surface area contributed by atoms with Crippen LogP contribution in [0.2, 0.25) is 0 Å². The number of fused-ring (bicyclic) bond motifs is 2. The molecule has 1 N–H and O–H groups in total. The molecule has 1 aromatic rings. The van der Waals surface area contributed by atoms with Crippen molar-refractivity contribution in [2.45, 2.75) is 31.7 Å². The predicted molar refractivity (Wildman–Crippen MR) is 84.0 cm³/mol. The second-order valence-corrected chi connectivity index (χ2v) is 6.78. The van der Waals surface area contributed by atoms with Crippen molar-refractivity contribution in [1.29, 1.82) is 0 Å². The molecule has 1 saturated heterocycles. The molecule has 1 fully saturated rings. The average Bonchev–Trinajstić information content (AvgIpc) is 2.83. The molecule has 0 bridgehead atoms. The van der Waals surface area contributed by atoms with Crippen LogP contribution in [-0.2, 0) is 11.2 Å². The number of nitrogens with zero attached hydrogens (tertiary/aromatic N) is 1. The van der Waals surface area contributed by atoms with E-state index < -0.39 is 0 Å². The second kappa shape index (κ2) is 4.59. The molecule has 2 aliphatic carbocycles. The van der Waals surface area contributed by atoms with Gasteiger partial charge in [0.15, 0.2) is 17.3 Å². The first-order valence-corrected chi connectivity index (χ1v) is 7.91.